The van der Waals surface area contributed by atoms with E-state index >= 15 is 0 Å². The van der Waals surface area contributed by atoms with Gasteiger partial charge >= 0.3 is 0 Å². The molecule has 17 heavy (non-hydrogen) atoms. The van der Waals surface area contributed by atoms with E-state index < -0.39 is 17.7 Å². The minimum Gasteiger partial charge on any atom is -0.349 e. The fraction of sp³-hybridized carbons (Fsp3) is 0.500. The zero-order valence-electron chi connectivity index (χ0n) is 10.1. The summed E-state index contributed by atoms with van der Waals surface area (Å²) in [7, 11) is 0. The highest BCUT2D eigenvalue weighted by Crippen LogP contribution is 2.11. The minimum atomic E-state index is -1.25. The van der Waals surface area contributed by atoms with Crippen LogP contribution in [0, 0.1) is 17.7 Å². The maximum atomic E-state index is 13.3. The predicted molar refractivity (Wildman–Crippen MR) is 60.5 cm³/mol. The average Bonchev–Trinajstić information content (AvgIpc) is 2.28. The zero-order chi connectivity index (χ0) is 13.0. The molecular weight excluding hydrogens is 226 g/mol. The van der Waals surface area contributed by atoms with Crippen LogP contribution in [0.5, 0.6) is 0 Å². The van der Waals surface area contributed by atoms with Crippen LogP contribution in [0.25, 0.3) is 0 Å². The van der Waals surface area contributed by atoms with Gasteiger partial charge in [-0.3, -0.25) is 4.79 Å². The standard InChI is InChI=1S/C12H16F2N2O/c1-4-9(7(2)3)16-12(17)8-5-6-15-11(14)10(8)13/h5-7,9H,4H2,1-3H3,(H,16,17). The van der Waals surface area contributed by atoms with Crippen molar-refractivity contribution in [1.29, 1.82) is 0 Å². The molecular formula is C12H16F2N2O. The Bertz CT molecular complexity index is 407. The van der Waals surface area contributed by atoms with E-state index in [4.69, 9.17) is 0 Å². The second-order valence-electron chi connectivity index (χ2n) is 4.20. The number of rotatable bonds is 4. The lowest BCUT2D eigenvalue weighted by molar-refractivity contribution is 0.0919. The summed E-state index contributed by atoms with van der Waals surface area (Å²) in [4.78, 5) is 14.9. The molecule has 1 aromatic rings. The highest BCUT2D eigenvalue weighted by molar-refractivity contribution is 5.94. The van der Waals surface area contributed by atoms with Gasteiger partial charge in [0.2, 0.25) is 5.95 Å². The Morgan fingerprint density at radius 1 is 1.47 bits per heavy atom. The van der Waals surface area contributed by atoms with E-state index in [2.05, 4.69) is 10.3 Å². The van der Waals surface area contributed by atoms with Crippen molar-refractivity contribution in [2.45, 2.75) is 33.2 Å². The van der Waals surface area contributed by atoms with E-state index in [0.717, 1.165) is 12.6 Å². The molecule has 0 radical (unpaired) electrons. The lowest BCUT2D eigenvalue weighted by Crippen LogP contribution is -2.38. The molecule has 1 heterocycles. The topological polar surface area (TPSA) is 42.0 Å². The molecule has 0 spiro atoms. The van der Waals surface area contributed by atoms with Crippen LogP contribution in [0.15, 0.2) is 12.3 Å². The molecule has 1 atom stereocenters. The van der Waals surface area contributed by atoms with Gasteiger partial charge in [-0.15, -0.1) is 0 Å². The lowest BCUT2D eigenvalue weighted by atomic mass is 10.0. The van der Waals surface area contributed by atoms with E-state index in [0.29, 0.717) is 0 Å². The summed E-state index contributed by atoms with van der Waals surface area (Å²) < 4.78 is 26.2. The SMILES string of the molecule is CCC(NC(=O)c1ccnc(F)c1F)C(C)C. The Hall–Kier alpha value is -1.52. The molecule has 0 bridgehead atoms. The molecule has 0 aliphatic heterocycles. The number of amides is 1. The van der Waals surface area contributed by atoms with Crippen molar-refractivity contribution >= 4 is 5.91 Å². The van der Waals surface area contributed by atoms with E-state index in [1.807, 2.05) is 20.8 Å². The zero-order valence-corrected chi connectivity index (χ0v) is 10.1. The van der Waals surface area contributed by atoms with Gasteiger partial charge in [0.05, 0.1) is 5.56 Å². The first kappa shape index (κ1) is 13.5. The van der Waals surface area contributed by atoms with E-state index in [-0.39, 0.29) is 17.5 Å². The van der Waals surface area contributed by atoms with Gasteiger partial charge in [0.25, 0.3) is 5.91 Å². The Balaban J connectivity index is 2.86. The molecule has 0 aliphatic carbocycles. The van der Waals surface area contributed by atoms with Crippen LogP contribution in [-0.2, 0) is 0 Å². The number of hydrogen-bond acceptors (Lipinski definition) is 2. The van der Waals surface area contributed by atoms with Crippen LogP contribution in [-0.4, -0.2) is 16.9 Å². The molecule has 0 aromatic carbocycles. The quantitative estimate of drug-likeness (QED) is 0.824. The number of pyridine rings is 1. The normalized spacial score (nSPS) is 12.6. The molecule has 0 aliphatic rings. The van der Waals surface area contributed by atoms with Gasteiger partial charge in [-0.1, -0.05) is 20.8 Å². The third kappa shape index (κ3) is 3.22. The maximum Gasteiger partial charge on any atom is 0.254 e. The van der Waals surface area contributed by atoms with Crippen LogP contribution in [0.1, 0.15) is 37.6 Å². The molecule has 0 fully saturated rings. The predicted octanol–water partition coefficient (Wildman–Crippen LogP) is 2.52. The maximum absolute atomic E-state index is 13.3. The molecule has 1 unspecified atom stereocenters. The number of nitrogens with one attached hydrogen (secondary N) is 1. The van der Waals surface area contributed by atoms with Gasteiger partial charge in [-0.25, -0.2) is 9.37 Å². The number of aromatic nitrogens is 1. The smallest absolute Gasteiger partial charge is 0.254 e. The molecule has 1 N–H and O–H groups in total. The number of nitrogens with zero attached hydrogens (tertiary/aromatic N) is 1. The van der Waals surface area contributed by atoms with Crippen LogP contribution < -0.4 is 5.32 Å². The summed E-state index contributed by atoms with van der Waals surface area (Å²) in [5.41, 5.74) is -0.309. The van der Waals surface area contributed by atoms with Gasteiger partial charge < -0.3 is 5.32 Å². The Labute approximate surface area is 99.2 Å². The first-order valence-corrected chi connectivity index (χ1v) is 5.58. The summed E-state index contributed by atoms with van der Waals surface area (Å²) in [5.74, 6) is -2.83. The third-order valence-electron chi connectivity index (χ3n) is 2.65. The van der Waals surface area contributed by atoms with Crippen LogP contribution in [0.2, 0.25) is 0 Å². The monoisotopic (exact) mass is 242 g/mol. The molecule has 94 valence electrons. The third-order valence-corrected chi connectivity index (χ3v) is 2.65. The molecule has 1 rings (SSSR count). The molecule has 5 heteroatoms. The Morgan fingerprint density at radius 3 is 2.65 bits per heavy atom. The number of carbonyl (C=O) groups excluding carboxylic acids is 1. The van der Waals surface area contributed by atoms with Crippen molar-refractivity contribution in [1.82, 2.24) is 10.3 Å². The van der Waals surface area contributed by atoms with Crippen LogP contribution >= 0.6 is 0 Å². The van der Waals surface area contributed by atoms with E-state index in [1.54, 1.807) is 0 Å². The molecule has 3 nitrogen and oxygen atoms in total. The van der Waals surface area contributed by atoms with E-state index in [1.165, 1.54) is 6.07 Å². The highest BCUT2D eigenvalue weighted by atomic mass is 19.2. The second kappa shape index (κ2) is 5.70. The minimum absolute atomic E-state index is 0.0573. The van der Waals surface area contributed by atoms with Gasteiger partial charge in [0, 0.05) is 12.2 Å². The molecule has 1 aromatic heterocycles. The first-order valence-electron chi connectivity index (χ1n) is 5.58. The first-order chi connectivity index (χ1) is 7.97. The van der Waals surface area contributed by atoms with Crippen molar-refractivity contribution < 1.29 is 13.6 Å². The average molecular weight is 242 g/mol. The van der Waals surface area contributed by atoms with Gasteiger partial charge in [0.15, 0.2) is 5.82 Å². The van der Waals surface area contributed by atoms with E-state index in [9.17, 15) is 13.6 Å². The van der Waals surface area contributed by atoms with Gasteiger partial charge in [0.1, 0.15) is 0 Å². The highest BCUT2D eigenvalue weighted by Gasteiger charge is 2.19. The summed E-state index contributed by atoms with van der Waals surface area (Å²) >= 11 is 0. The fourth-order valence-corrected chi connectivity index (χ4v) is 1.58. The van der Waals surface area contributed by atoms with Crippen LogP contribution in [0.3, 0.4) is 0 Å². The number of carbonyl (C=O) groups is 1. The number of hydrogen-bond donors (Lipinski definition) is 1. The number of halogens is 2. The Morgan fingerprint density at radius 2 is 2.12 bits per heavy atom. The van der Waals surface area contributed by atoms with Gasteiger partial charge in [-0.2, -0.15) is 4.39 Å². The second-order valence-corrected chi connectivity index (χ2v) is 4.20. The summed E-state index contributed by atoms with van der Waals surface area (Å²) in [6, 6.07) is 1.11. The van der Waals surface area contributed by atoms with Crippen molar-refractivity contribution in [3.63, 3.8) is 0 Å². The van der Waals surface area contributed by atoms with Crippen molar-refractivity contribution in [3.8, 4) is 0 Å². The fourth-order valence-electron chi connectivity index (χ4n) is 1.58. The molecule has 0 saturated heterocycles. The summed E-state index contributed by atoms with van der Waals surface area (Å²) in [6.45, 7) is 5.84. The van der Waals surface area contributed by atoms with Gasteiger partial charge in [-0.05, 0) is 18.4 Å². The van der Waals surface area contributed by atoms with Crippen LogP contribution in [0.4, 0.5) is 8.78 Å². The van der Waals surface area contributed by atoms with Crippen molar-refractivity contribution in [2.24, 2.45) is 5.92 Å². The summed E-state index contributed by atoms with van der Waals surface area (Å²) in [6.07, 6.45) is 1.81. The lowest BCUT2D eigenvalue weighted by Gasteiger charge is -2.20. The Kier molecular flexibility index (Phi) is 4.54. The van der Waals surface area contributed by atoms with Crippen molar-refractivity contribution in [2.75, 3.05) is 0 Å². The van der Waals surface area contributed by atoms with Crippen molar-refractivity contribution in [3.05, 3.63) is 29.6 Å². The molecule has 0 saturated carbocycles. The molecule has 1 amide bonds. The summed E-state index contributed by atoms with van der Waals surface area (Å²) in [5, 5.41) is 2.68. The largest absolute Gasteiger partial charge is 0.349 e.